The van der Waals surface area contributed by atoms with Crippen molar-refractivity contribution in [3.63, 3.8) is 0 Å². The molecule has 1 aromatic carbocycles. The van der Waals surface area contributed by atoms with Crippen LogP contribution in [-0.4, -0.2) is 6.29 Å². The van der Waals surface area contributed by atoms with E-state index in [1.807, 2.05) is 13.8 Å². The highest BCUT2D eigenvalue weighted by molar-refractivity contribution is 5.69. The van der Waals surface area contributed by atoms with Crippen LogP contribution in [0.1, 0.15) is 70.1 Å². The molecule has 0 aromatic heterocycles. The second-order valence-corrected chi connectivity index (χ2v) is 5.96. The van der Waals surface area contributed by atoms with Crippen LogP contribution in [0.5, 0.6) is 0 Å². The van der Waals surface area contributed by atoms with Crippen molar-refractivity contribution in [1.29, 1.82) is 0 Å². The monoisotopic (exact) mass is 232 g/mol. The second-order valence-electron chi connectivity index (χ2n) is 5.96. The summed E-state index contributed by atoms with van der Waals surface area (Å²) in [6.45, 7) is 12.8. The first-order valence-electron chi connectivity index (χ1n) is 6.41. The molecule has 0 saturated heterocycles. The van der Waals surface area contributed by atoms with Crippen molar-refractivity contribution in [1.82, 2.24) is 0 Å². The van der Waals surface area contributed by atoms with Gasteiger partial charge in [-0.1, -0.05) is 45.9 Å². The zero-order valence-corrected chi connectivity index (χ0v) is 11.9. The number of benzene rings is 1. The van der Waals surface area contributed by atoms with Crippen LogP contribution in [0.3, 0.4) is 0 Å². The normalized spacial score (nSPS) is 12.2. The number of aldehydes is 1. The molecule has 0 saturated carbocycles. The molecule has 17 heavy (non-hydrogen) atoms. The lowest BCUT2D eigenvalue weighted by Crippen LogP contribution is -2.22. The Morgan fingerprint density at radius 1 is 1.06 bits per heavy atom. The van der Waals surface area contributed by atoms with Gasteiger partial charge in [0, 0.05) is 5.41 Å². The molecule has 0 spiro atoms. The van der Waals surface area contributed by atoms with Gasteiger partial charge < -0.3 is 4.79 Å². The van der Waals surface area contributed by atoms with E-state index in [9.17, 15) is 4.79 Å². The van der Waals surface area contributed by atoms with E-state index in [0.717, 1.165) is 6.29 Å². The van der Waals surface area contributed by atoms with Crippen molar-refractivity contribution in [2.75, 3.05) is 0 Å². The van der Waals surface area contributed by atoms with E-state index in [0.29, 0.717) is 11.8 Å². The molecule has 0 atom stereocenters. The van der Waals surface area contributed by atoms with Gasteiger partial charge in [0.1, 0.15) is 6.29 Å². The predicted molar refractivity (Wildman–Crippen MR) is 73.7 cm³/mol. The molecule has 0 fully saturated rings. The van der Waals surface area contributed by atoms with Gasteiger partial charge in [-0.05, 0) is 42.4 Å². The third-order valence-electron chi connectivity index (χ3n) is 3.33. The maximum absolute atomic E-state index is 11.3. The van der Waals surface area contributed by atoms with Crippen molar-refractivity contribution in [2.45, 2.75) is 58.8 Å². The van der Waals surface area contributed by atoms with Crippen LogP contribution >= 0.6 is 0 Å². The maximum Gasteiger partial charge on any atom is 0.129 e. The molecule has 0 heterocycles. The van der Waals surface area contributed by atoms with Gasteiger partial charge in [0.15, 0.2) is 0 Å². The largest absolute Gasteiger partial charge is 0.302 e. The summed E-state index contributed by atoms with van der Waals surface area (Å²) in [5, 5.41) is 0. The summed E-state index contributed by atoms with van der Waals surface area (Å²) in [7, 11) is 0. The van der Waals surface area contributed by atoms with Crippen LogP contribution < -0.4 is 0 Å². The van der Waals surface area contributed by atoms with Crippen molar-refractivity contribution < 1.29 is 4.79 Å². The summed E-state index contributed by atoms with van der Waals surface area (Å²) in [6, 6.07) is 6.35. The quantitative estimate of drug-likeness (QED) is 0.703. The SMILES string of the molecule is CC(C)c1cccc(C(C)(C)C=O)c1C(C)C. The molecular weight excluding hydrogens is 208 g/mol. The van der Waals surface area contributed by atoms with Crippen LogP contribution in [0.4, 0.5) is 0 Å². The van der Waals surface area contributed by atoms with Gasteiger partial charge >= 0.3 is 0 Å². The average Bonchev–Trinajstić information content (AvgIpc) is 2.27. The lowest BCUT2D eigenvalue weighted by atomic mass is 9.77. The first-order chi connectivity index (χ1) is 7.81. The Bertz CT molecular complexity index is 400. The first kappa shape index (κ1) is 14.0. The fraction of sp³-hybridized carbons (Fsp3) is 0.562. The van der Waals surface area contributed by atoms with E-state index in [-0.39, 0.29) is 0 Å². The number of hydrogen-bond donors (Lipinski definition) is 0. The minimum Gasteiger partial charge on any atom is -0.302 e. The van der Waals surface area contributed by atoms with Gasteiger partial charge in [-0.25, -0.2) is 0 Å². The Kier molecular flexibility index (Phi) is 4.13. The predicted octanol–water partition coefficient (Wildman–Crippen LogP) is 4.41. The lowest BCUT2D eigenvalue weighted by molar-refractivity contribution is -0.111. The molecule has 0 amide bonds. The molecular formula is C16H24O. The van der Waals surface area contributed by atoms with Crippen molar-refractivity contribution in [2.24, 2.45) is 0 Å². The highest BCUT2D eigenvalue weighted by Gasteiger charge is 2.25. The topological polar surface area (TPSA) is 17.1 Å². The fourth-order valence-electron chi connectivity index (χ4n) is 2.36. The minimum atomic E-state index is -0.398. The van der Waals surface area contributed by atoms with Gasteiger partial charge in [0.05, 0.1) is 0 Å². The van der Waals surface area contributed by atoms with Gasteiger partial charge in [0.2, 0.25) is 0 Å². The Morgan fingerprint density at radius 3 is 2.06 bits per heavy atom. The van der Waals surface area contributed by atoms with Crippen molar-refractivity contribution >= 4 is 6.29 Å². The van der Waals surface area contributed by atoms with Gasteiger partial charge in [0.25, 0.3) is 0 Å². The average molecular weight is 232 g/mol. The van der Waals surface area contributed by atoms with Crippen LogP contribution in [0.2, 0.25) is 0 Å². The van der Waals surface area contributed by atoms with Crippen LogP contribution in [-0.2, 0) is 10.2 Å². The summed E-state index contributed by atoms with van der Waals surface area (Å²) in [5.41, 5.74) is 3.49. The number of hydrogen-bond acceptors (Lipinski definition) is 1. The second kappa shape index (κ2) is 5.03. The van der Waals surface area contributed by atoms with Crippen molar-refractivity contribution in [3.8, 4) is 0 Å². The minimum absolute atomic E-state index is 0.398. The summed E-state index contributed by atoms with van der Waals surface area (Å²) in [6.07, 6.45) is 1.05. The molecule has 0 bridgehead atoms. The van der Waals surface area contributed by atoms with Crippen molar-refractivity contribution in [3.05, 3.63) is 34.9 Å². The third-order valence-corrected chi connectivity index (χ3v) is 3.33. The zero-order valence-electron chi connectivity index (χ0n) is 11.9. The highest BCUT2D eigenvalue weighted by Crippen LogP contribution is 2.35. The molecule has 1 nitrogen and oxygen atoms in total. The van der Waals surface area contributed by atoms with Crippen LogP contribution in [0.15, 0.2) is 18.2 Å². The van der Waals surface area contributed by atoms with Crippen LogP contribution in [0.25, 0.3) is 0 Å². The molecule has 1 rings (SSSR count). The van der Waals surface area contributed by atoms with E-state index >= 15 is 0 Å². The Labute approximate surface area is 105 Å². The van der Waals surface area contributed by atoms with E-state index in [1.54, 1.807) is 0 Å². The zero-order chi connectivity index (χ0) is 13.2. The molecule has 0 aliphatic rings. The standard InChI is InChI=1S/C16H24O/c1-11(2)13-8-7-9-14(15(13)12(3)4)16(5,6)10-17/h7-12H,1-6H3. The molecule has 0 aliphatic heterocycles. The van der Waals surface area contributed by atoms with E-state index < -0.39 is 5.41 Å². The molecule has 94 valence electrons. The molecule has 1 heteroatoms. The molecule has 0 unspecified atom stereocenters. The maximum atomic E-state index is 11.3. The first-order valence-corrected chi connectivity index (χ1v) is 6.41. The molecule has 0 radical (unpaired) electrons. The third kappa shape index (κ3) is 2.77. The Balaban J connectivity index is 3.51. The number of carbonyl (C=O) groups excluding carboxylic acids is 1. The summed E-state index contributed by atoms with van der Waals surface area (Å²) in [4.78, 5) is 11.3. The van der Waals surface area contributed by atoms with E-state index in [4.69, 9.17) is 0 Å². The lowest BCUT2D eigenvalue weighted by Gasteiger charge is -2.27. The summed E-state index contributed by atoms with van der Waals surface area (Å²) >= 11 is 0. The number of carbonyl (C=O) groups is 1. The van der Waals surface area contributed by atoms with E-state index in [2.05, 4.69) is 45.9 Å². The van der Waals surface area contributed by atoms with Crippen LogP contribution in [0, 0.1) is 0 Å². The highest BCUT2D eigenvalue weighted by atomic mass is 16.1. The Morgan fingerprint density at radius 2 is 1.65 bits per heavy atom. The van der Waals surface area contributed by atoms with Gasteiger partial charge in [-0.15, -0.1) is 0 Å². The molecule has 1 aromatic rings. The number of rotatable bonds is 4. The molecule has 0 aliphatic carbocycles. The summed E-state index contributed by atoms with van der Waals surface area (Å²) in [5.74, 6) is 0.942. The Hall–Kier alpha value is -1.11. The summed E-state index contributed by atoms with van der Waals surface area (Å²) < 4.78 is 0. The van der Waals surface area contributed by atoms with Gasteiger partial charge in [-0.3, -0.25) is 0 Å². The smallest absolute Gasteiger partial charge is 0.129 e. The van der Waals surface area contributed by atoms with E-state index in [1.165, 1.54) is 16.7 Å². The fourth-order valence-corrected chi connectivity index (χ4v) is 2.36. The molecule has 0 N–H and O–H groups in total. The van der Waals surface area contributed by atoms with Gasteiger partial charge in [-0.2, -0.15) is 0 Å².